The van der Waals surface area contributed by atoms with Crippen LogP contribution in [-0.2, 0) is 20.9 Å². The highest BCUT2D eigenvalue weighted by Crippen LogP contribution is 2.46. The minimum atomic E-state index is -0.675. The molecule has 2 aliphatic heterocycles. The van der Waals surface area contributed by atoms with E-state index in [0.29, 0.717) is 6.54 Å². The molecule has 1 aromatic rings. The van der Waals surface area contributed by atoms with Crippen molar-refractivity contribution in [2.24, 2.45) is 5.41 Å². The summed E-state index contributed by atoms with van der Waals surface area (Å²) in [5.74, 6) is -0.230. The van der Waals surface area contributed by atoms with Crippen LogP contribution in [0.2, 0.25) is 0 Å². The van der Waals surface area contributed by atoms with Crippen molar-refractivity contribution in [1.82, 2.24) is 4.90 Å². The van der Waals surface area contributed by atoms with Gasteiger partial charge in [-0.2, -0.15) is 0 Å². The first-order valence-electron chi connectivity index (χ1n) is 6.57. The zero-order chi connectivity index (χ0) is 13.6. The minimum absolute atomic E-state index is 0.0275. The number of carbonyl (C=O) groups excluding carboxylic acids is 2. The number of rotatable bonds is 2. The van der Waals surface area contributed by atoms with E-state index in [4.69, 9.17) is 4.74 Å². The van der Waals surface area contributed by atoms with E-state index in [-0.39, 0.29) is 30.4 Å². The van der Waals surface area contributed by atoms with Crippen LogP contribution in [0.1, 0.15) is 25.8 Å². The summed E-state index contributed by atoms with van der Waals surface area (Å²) in [5, 5.41) is 0. The van der Waals surface area contributed by atoms with E-state index in [2.05, 4.69) is 0 Å². The van der Waals surface area contributed by atoms with Crippen molar-refractivity contribution in [3.05, 3.63) is 35.9 Å². The third-order valence-electron chi connectivity index (χ3n) is 4.27. The molecule has 4 nitrogen and oxygen atoms in total. The number of fused-ring (bicyclic) bond motifs is 1. The van der Waals surface area contributed by atoms with Crippen molar-refractivity contribution in [3.8, 4) is 0 Å². The van der Waals surface area contributed by atoms with Crippen molar-refractivity contribution in [3.63, 3.8) is 0 Å². The summed E-state index contributed by atoms with van der Waals surface area (Å²) in [7, 11) is 0. The zero-order valence-corrected chi connectivity index (χ0v) is 11.1. The molecule has 2 heterocycles. The fourth-order valence-electron chi connectivity index (χ4n) is 3.21. The molecule has 1 aromatic carbocycles. The lowest BCUT2D eigenvalue weighted by atomic mass is 9.83. The van der Waals surface area contributed by atoms with Gasteiger partial charge in [-0.15, -0.1) is 0 Å². The monoisotopic (exact) mass is 259 g/mol. The fraction of sp³-hybridized carbons (Fsp3) is 0.467. The van der Waals surface area contributed by atoms with Crippen molar-refractivity contribution in [1.29, 1.82) is 0 Å². The summed E-state index contributed by atoms with van der Waals surface area (Å²) < 4.78 is 5.34. The fourth-order valence-corrected chi connectivity index (χ4v) is 3.21. The summed E-state index contributed by atoms with van der Waals surface area (Å²) in [6.45, 7) is 4.37. The van der Waals surface area contributed by atoms with E-state index in [9.17, 15) is 9.59 Å². The molecule has 2 fully saturated rings. The number of likely N-dealkylation sites (tertiary alicyclic amines) is 1. The van der Waals surface area contributed by atoms with Crippen LogP contribution >= 0.6 is 0 Å². The summed E-state index contributed by atoms with van der Waals surface area (Å²) >= 11 is 0. The highest BCUT2D eigenvalue weighted by atomic mass is 16.6. The predicted molar refractivity (Wildman–Crippen MR) is 69.1 cm³/mol. The molecule has 1 amide bonds. The molecule has 3 rings (SSSR count). The molecule has 0 aliphatic carbocycles. The Morgan fingerprint density at radius 1 is 1.32 bits per heavy atom. The van der Waals surface area contributed by atoms with Gasteiger partial charge in [0.1, 0.15) is 6.10 Å². The first-order valence-corrected chi connectivity index (χ1v) is 6.57. The normalized spacial score (nSPS) is 33.5. The van der Waals surface area contributed by atoms with Crippen molar-refractivity contribution in [2.45, 2.75) is 39.0 Å². The van der Waals surface area contributed by atoms with E-state index in [0.717, 1.165) is 5.56 Å². The van der Waals surface area contributed by atoms with E-state index >= 15 is 0 Å². The van der Waals surface area contributed by atoms with Gasteiger partial charge in [0.25, 0.3) is 0 Å². The number of ether oxygens (including phenoxy) is 1. The molecule has 0 aromatic heterocycles. The lowest BCUT2D eigenvalue weighted by molar-refractivity contribution is -0.144. The molecule has 2 aliphatic rings. The maximum Gasteiger partial charge on any atom is 0.307 e. The number of hydrogen-bond acceptors (Lipinski definition) is 3. The van der Waals surface area contributed by atoms with Gasteiger partial charge in [-0.05, 0) is 19.4 Å². The molecule has 0 radical (unpaired) electrons. The van der Waals surface area contributed by atoms with E-state index in [1.807, 2.05) is 49.1 Å². The van der Waals surface area contributed by atoms with E-state index in [1.165, 1.54) is 0 Å². The average Bonchev–Trinajstić information content (AvgIpc) is 2.78. The largest absolute Gasteiger partial charge is 0.459 e. The Labute approximate surface area is 112 Å². The number of esters is 1. The smallest absolute Gasteiger partial charge is 0.307 e. The maximum atomic E-state index is 12.6. The van der Waals surface area contributed by atoms with Crippen LogP contribution in [0, 0.1) is 5.41 Å². The SMILES string of the molecule is C[C@@H]1[C@@H]2OC(=O)C[C@@]2(C)C(=O)N1Cc1ccccc1. The van der Waals surface area contributed by atoms with Crippen molar-refractivity contribution in [2.75, 3.05) is 0 Å². The summed E-state index contributed by atoms with van der Waals surface area (Å²) in [5.41, 5.74) is 0.420. The van der Waals surface area contributed by atoms with Gasteiger partial charge in [-0.3, -0.25) is 9.59 Å². The van der Waals surface area contributed by atoms with Crippen LogP contribution in [0.5, 0.6) is 0 Å². The van der Waals surface area contributed by atoms with Crippen LogP contribution in [0.25, 0.3) is 0 Å². The molecular weight excluding hydrogens is 242 g/mol. The molecule has 4 heteroatoms. The van der Waals surface area contributed by atoms with Crippen LogP contribution in [0.4, 0.5) is 0 Å². The van der Waals surface area contributed by atoms with Gasteiger partial charge in [0.15, 0.2) is 0 Å². The molecule has 3 atom stereocenters. The van der Waals surface area contributed by atoms with E-state index < -0.39 is 5.41 Å². The Hall–Kier alpha value is -1.84. The molecular formula is C15H17NO3. The van der Waals surface area contributed by atoms with Gasteiger partial charge in [0.2, 0.25) is 5.91 Å². The maximum absolute atomic E-state index is 12.6. The third kappa shape index (κ3) is 1.74. The third-order valence-corrected chi connectivity index (χ3v) is 4.27. The van der Waals surface area contributed by atoms with Crippen LogP contribution in [0.15, 0.2) is 30.3 Å². The summed E-state index contributed by atoms with van der Waals surface area (Å²) in [6.07, 6.45) is -0.109. The van der Waals surface area contributed by atoms with Gasteiger partial charge < -0.3 is 9.64 Å². The highest BCUT2D eigenvalue weighted by Gasteiger charge is 2.61. The number of amides is 1. The first kappa shape index (κ1) is 12.2. The standard InChI is InChI=1S/C15H17NO3/c1-10-13-15(2,8-12(17)19-13)14(18)16(10)9-11-6-4-3-5-7-11/h3-7,10,13H,8-9H2,1-2H3/t10-,13+,15-/m1/s1. The summed E-state index contributed by atoms with van der Waals surface area (Å²) in [4.78, 5) is 25.8. The van der Waals surface area contributed by atoms with Gasteiger partial charge >= 0.3 is 5.97 Å². The molecule has 0 saturated carbocycles. The molecule has 19 heavy (non-hydrogen) atoms. The molecule has 0 N–H and O–H groups in total. The molecule has 0 bridgehead atoms. The quantitative estimate of drug-likeness (QED) is 0.760. The van der Waals surface area contributed by atoms with Crippen molar-refractivity contribution < 1.29 is 14.3 Å². The molecule has 2 saturated heterocycles. The number of carbonyl (C=O) groups is 2. The zero-order valence-electron chi connectivity index (χ0n) is 11.1. The van der Waals surface area contributed by atoms with Crippen molar-refractivity contribution >= 4 is 11.9 Å². The Balaban J connectivity index is 1.86. The number of hydrogen-bond donors (Lipinski definition) is 0. The molecule has 0 spiro atoms. The predicted octanol–water partition coefficient (Wildman–Crippen LogP) is 1.74. The lowest BCUT2D eigenvalue weighted by Gasteiger charge is -2.24. The highest BCUT2D eigenvalue weighted by molar-refractivity contribution is 5.93. The minimum Gasteiger partial charge on any atom is -0.459 e. The average molecular weight is 259 g/mol. The lowest BCUT2D eigenvalue weighted by Crippen LogP contribution is -2.35. The van der Waals surface area contributed by atoms with Crippen LogP contribution in [0.3, 0.4) is 0 Å². The second-order valence-corrected chi connectivity index (χ2v) is 5.66. The topological polar surface area (TPSA) is 46.6 Å². The Morgan fingerprint density at radius 3 is 2.63 bits per heavy atom. The van der Waals surface area contributed by atoms with E-state index in [1.54, 1.807) is 0 Å². The Morgan fingerprint density at radius 2 is 2.00 bits per heavy atom. The second kappa shape index (κ2) is 4.08. The van der Waals surface area contributed by atoms with Crippen LogP contribution < -0.4 is 0 Å². The van der Waals surface area contributed by atoms with Gasteiger partial charge in [0.05, 0.1) is 17.9 Å². The number of benzene rings is 1. The molecule has 100 valence electrons. The molecule has 0 unspecified atom stereocenters. The van der Waals surface area contributed by atoms with Gasteiger partial charge in [0, 0.05) is 6.54 Å². The Kier molecular flexibility index (Phi) is 2.62. The second-order valence-electron chi connectivity index (χ2n) is 5.66. The first-order chi connectivity index (χ1) is 9.02. The van der Waals surface area contributed by atoms with Gasteiger partial charge in [-0.25, -0.2) is 0 Å². The summed E-state index contributed by atoms with van der Waals surface area (Å²) in [6, 6.07) is 9.82. The Bertz CT molecular complexity index is 527. The van der Waals surface area contributed by atoms with Crippen LogP contribution in [-0.4, -0.2) is 28.9 Å². The number of nitrogens with zero attached hydrogens (tertiary/aromatic N) is 1. The van der Waals surface area contributed by atoms with Gasteiger partial charge in [-0.1, -0.05) is 30.3 Å².